The lowest BCUT2D eigenvalue weighted by Gasteiger charge is -2.13. The van der Waals surface area contributed by atoms with Crippen LogP contribution in [-0.4, -0.2) is 43.8 Å². The number of benzene rings is 11. The maximum Gasteiger partial charge on any atom is 0.168 e. The molecule has 5 heterocycles. The second kappa shape index (κ2) is 18.8. The summed E-state index contributed by atoms with van der Waals surface area (Å²) < 4.78 is 6.87. The summed E-state index contributed by atoms with van der Waals surface area (Å²) in [6, 6.07) is 95.3. The van der Waals surface area contributed by atoms with Gasteiger partial charge in [0.1, 0.15) is 0 Å². The van der Waals surface area contributed by atoms with Crippen LogP contribution in [0.5, 0.6) is 0 Å². The van der Waals surface area contributed by atoms with Gasteiger partial charge in [-0.1, -0.05) is 176 Å². The SMILES string of the molecule is c1ccc(-c2nc(-c3ccc(-n4c5ccccc5c5ccc(-c6nnc(-c7ccc8c9ccccc9n(-c9ccc(-c%10nc(-c%11ccccc%11)c%11ccccc%11n%10)cc9)c8c7)n6-c6ccccc6)cc54)cc3)nc3ccccc23)cc1. The van der Waals surface area contributed by atoms with E-state index in [1.54, 1.807) is 0 Å². The summed E-state index contributed by atoms with van der Waals surface area (Å²) in [5.74, 6) is 2.83. The van der Waals surface area contributed by atoms with Crippen LogP contribution < -0.4 is 0 Å². The zero-order valence-corrected chi connectivity index (χ0v) is 43.5. The third-order valence-corrected chi connectivity index (χ3v) is 15.6. The van der Waals surface area contributed by atoms with Gasteiger partial charge in [-0.15, -0.1) is 10.2 Å². The Morgan fingerprint density at radius 1 is 0.222 bits per heavy atom. The number of fused-ring (bicyclic) bond motifs is 8. The van der Waals surface area contributed by atoms with E-state index in [1.165, 1.54) is 0 Å². The highest BCUT2D eigenvalue weighted by atomic mass is 15.3. The van der Waals surface area contributed by atoms with Crippen LogP contribution in [0.15, 0.2) is 273 Å². The molecule has 0 fully saturated rings. The van der Waals surface area contributed by atoms with Crippen LogP contribution >= 0.6 is 0 Å². The summed E-state index contributed by atoms with van der Waals surface area (Å²) >= 11 is 0. The van der Waals surface area contributed by atoms with Gasteiger partial charge in [-0.05, 0) is 97.1 Å². The standard InChI is InChI=1S/C72H45N9/c1-4-18-46(19-5-1)67-59-26-10-14-28-61(59)73-69(75-67)48-32-38-53(39-33-48)79-63-30-16-12-24-55(63)57-42-36-50(44-65(57)79)71-77-78-72(81(71)52-22-8-3-9-23-52)51-37-43-58-56-25-13-17-31-64(56)80(66(58)45-51)54-40-34-49(35-41-54)70-74-62-29-15-11-27-60(62)68(76-70)47-20-6-2-7-21-47/h1-45H. The fourth-order valence-corrected chi connectivity index (χ4v) is 11.8. The molecule has 0 aliphatic carbocycles. The first-order valence-corrected chi connectivity index (χ1v) is 27.1. The molecular formula is C72H45N9. The minimum atomic E-state index is 0.681. The minimum absolute atomic E-state index is 0.681. The average Bonchev–Trinajstić information content (AvgIpc) is 4.45. The number of hydrogen-bond donors (Lipinski definition) is 0. The van der Waals surface area contributed by atoms with E-state index in [9.17, 15) is 0 Å². The van der Waals surface area contributed by atoms with E-state index >= 15 is 0 Å². The van der Waals surface area contributed by atoms with Crippen molar-refractivity contribution in [2.24, 2.45) is 0 Å². The van der Waals surface area contributed by atoms with Gasteiger partial charge in [0.25, 0.3) is 0 Å². The first-order chi connectivity index (χ1) is 40.2. The van der Waals surface area contributed by atoms with Gasteiger partial charge in [-0.25, -0.2) is 19.9 Å². The van der Waals surface area contributed by atoms with E-state index in [4.69, 9.17) is 30.1 Å². The molecule has 16 aromatic rings. The monoisotopic (exact) mass is 1040 g/mol. The van der Waals surface area contributed by atoms with Crippen molar-refractivity contribution in [3.8, 4) is 85.1 Å². The molecule has 0 aliphatic rings. The molecule has 5 aromatic heterocycles. The predicted octanol–water partition coefficient (Wildman–Crippen LogP) is 17.3. The van der Waals surface area contributed by atoms with Crippen LogP contribution in [0.25, 0.3) is 151 Å². The molecule has 9 heteroatoms. The van der Waals surface area contributed by atoms with E-state index in [0.29, 0.717) is 11.6 Å². The molecule has 0 bridgehead atoms. The molecular weight excluding hydrogens is 991 g/mol. The Kier molecular flexibility index (Phi) is 10.7. The molecule has 0 aliphatic heterocycles. The Hall–Kier alpha value is -11.2. The van der Waals surface area contributed by atoms with Crippen LogP contribution in [0.2, 0.25) is 0 Å². The molecule has 0 saturated heterocycles. The van der Waals surface area contributed by atoms with E-state index < -0.39 is 0 Å². The van der Waals surface area contributed by atoms with Crippen molar-refractivity contribution in [3.63, 3.8) is 0 Å². The number of para-hydroxylation sites is 5. The molecule has 0 radical (unpaired) electrons. The van der Waals surface area contributed by atoms with Crippen molar-refractivity contribution < 1.29 is 0 Å². The summed E-state index contributed by atoms with van der Waals surface area (Å²) in [6.07, 6.45) is 0. The van der Waals surface area contributed by atoms with Gasteiger partial charge in [0.05, 0.1) is 44.5 Å². The maximum atomic E-state index is 5.17. The Labute approximate surface area is 465 Å². The van der Waals surface area contributed by atoms with Crippen LogP contribution in [0.3, 0.4) is 0 Å². The summed E-state index contributed by atoms with van der Waals surface area (Å²) in [5.41, 5.74) is 16.8. The van der Waals surface area contributed by atoms with Crippen LogP contribution in [0.4, 0.5) is 0 Å². The summed E-state index contributed by atoms with van der Waals surface area (Å²) in [5, 5.41) is 16.8. The van der Waals surface area contributed by atoms with Crippen molar-refractivity contribution in [1.29, 1.82) is 0 Å². The minimum Gasteiger partial charge on any atom is -0.309 e. The second-order valence-electron chi connectivity index (χ2n) is 20.3. The topological polar surface area (TPSA) is 92.1 Å². The van der Waals surface area contributed by atoms with Gasteiger partial charge in [-0.2, -0.15) is 0 Å². The fraction of sp³-hybridized carbons (Fsp3) is 0. The lowest BCUT2D eigenvalue weighted by Crippen LogP contribution is -2.01. The number of aromatic nitrogens is 9. The maximum absolute atomic E-state index is 5.17. The smallest absolute Gasteiger partial charge is 0.168 e. The molecule has 0 amide bonds. The van der Waals surface area contributed by atoms with Crippen molar-refractivity contribution in [3.05, 3.63) is 273 Å². The second-order valence-corrected chi connectivity index (χ2v) is 20.3. The van der Waals surface area contributed by atoms with Gasteiger partial charge in [-0.3, -0.25) is 4.57 Å². The molecule has 11 aromatic carbocycles. The van der Waals surface area contributed by atoms with Crippen molar-refractivity contribution in [1.82, 2.24) is 43.8 Å². The van der Waals surface area contributed by atoms with Gasteiger partial charge in [0.2, 0.25) is 0 Å². The van der Waals surface area contributed by atoms with Crippen LogP contribution in [0, 0.1) is 0 Å². The summed E-state index contributed by atoms with van der Waals surface area (Å²) in [7, 11) is 0. The van der Waals surface area contributed by atoms with E-state index in [0.717, 1.165) is 139 Å². The number of nitrogens with zero attached hydrogens (tertiary/aromatic N) is 9. The van der Waals surface area contributed by atoms with Crippen molar-refractivity contribution in [2.45, 2.75) is 0 Å². The van der Waals surface area contributed by atoms with Crippen LogP contribution in [-0.2, 0) is 0 Å². The van der Waals surface area contributed by atoms with E-state index in [1.807, 2.05) is 42.5 Å². The quantitative estimate of drug-likeness (QED) is 0.143. The third-order valence-electron chi connectivity index (χ3n) is 15.6. The molecule has 0 N–H and O–H groups in total. The Morgan fingerprint density at radius 2 is 0.568 bits per heavy atom. The molecule has 0 saturated carbocycles. The Bertz CT molecular complexity index is 4780. The molecule has 0 atom stereocenters. The van der Waals surface area contributed by atoms with E-state index in [-0.39, 0.29) is 0 Å². The largest absolute Gasteiger partial charge is 0.309 e. The average molecular weight is 1040 g/mol. The van der Waals surface area contributed by atoms with Crippen molar-refractivity contribution >= 4 is 65.4 Å². The first kappa shape index (κ1) is 46.0. The van der Waals surface area contributed by atoms with E-state index in [2.05, 4.69) is 244 Å². The normalized spacial score (nSPS) is 11.7. The molecule has 16 rings (SSSR count). The highest BCUT2D eigenvalue weighted by Crippen LogP contribution is 2.40. The third kappa shape index (κ3) is 7.70. The molecule has 378 valence electrons. The van der Waals surface area contributed by atoms with Gasteiger partial charge in [0.15, 0.2) is 23.3 Å². The lowest BCUT2D eigenvalue weighted by atomic mass is 10.1. The zero-order valence-electron chi connectivity index (χ0n) is 43.5. The predicted molar refractivity (Wildman–Crippen MR) is 329 cm³/mol. The van der Waals surface area contributed by atoms with Crippen molar-refractivity contribution in [2.75, 3.05) is 0 Å². The molecule has 9 nitrogen and oxygen atoms in total. The van der Waals surface area contributed by atoms with Gasteiger partial charge < -0.3 is 9.13 Å². The molecule has 0 unspecified atom stereocenters. The first-order valence-electron chi connectivity index (χ1n) is 27.1. The Morgan fingerprint density at radius 3 is 1.01 bits per heavy atom. The van der Waals surface area contributed by atoms with Gasteiger partial charge in [0, 0.05) is 82.8 Å². The molecule has 81 heavy (non-hydrogen) atoms. The fourth-order valence-electron chi connectivity index (χ4n) is 11.8. The highest BCUT2D eigenvalue weighted by Gasteiger charge is 2.23. The highest BCUT2D eigenvalue weighted by molar-refractivity contribution is 6.11. The van der Waals surface area contributed by atoms with Gasteiger partial charge >= 0.3 is 0 Å². The Balaban J connectivity index is 0.803. The summed E-state index contributed by atoms with van der Waals surface area (Å²) in [6.45, 7) is 0. The lowest BCUT2D eigenvalue weighted by molar-refractivity contribution is 1.07. The summed E-state index contributed by atoms with van der Waals surface area (Å²) in [4.78, 5) is 20.5. The zero-order chi connectivity index (χ0) is 53.4. The number of hydrogen-bond acceptors (Lipinski definition) is 6. The number of rotatable bonds is 9. The van der Waals surface area contributed by atoms with Crippen LogP contribution in [0.1, 0.15) is 0 Å². The molecule has 0 spiro atoms.